The molecule has 3 rings (SSSR count). The Labute approximate surface area is 194 Å². The number of nitrogens with one attached hydrogen (secondary N) is 2. The Bertz CT molecular complexity index is 1100. The molecule has 3 aromatic rings. The monoisotopic (exact) mass is 528 g/mol. The van der Waals surface area contributed by atoms with Gasteiger partial charge >= 0.3 is 0 Å². The molecule has 2 aromatic carbocycles. The molecule has 7 nitrogen and oxygen atoms in total. The predicted octanol–water partition coefficient (Wildman–Crippen LogP) is 3.87. The van der Waals surface area contributed by atoms with E-state index in [1.807, 2.05) is 71.9 Å². The maximum absolute atomic E-state index is 12.7. The van der Waals surface area contributed by atoms with E-state index in [1.165, 1.54) is 6.21 Å². The van der Waals surface area contributed by atoms with Gasteiger partial charge in [-0.15, -0.1) is 0 Å². The Morgan fingerprint density at radius 3 is 2.32 bits per heavy atom. The van der Waals surface area contributed by atoms with Crippen LogP contribution in [0.15, 0.2) is 81.9 Å². The van der Waals surface area contributed by atoms with Gasteiger partial charge in [0.1, 0.15) is 11.5 Å². The number of carbonyl (C=O) groups excluding carboxylic acids is 2. The van der Waals surface area contributed by atoms with Gasteiger partial charge in [0.2, 0.25) is 0 Å². The largest absolute Gasteiger partial charge is 0.449 e. The van der Waals surface area contributed by atoms with Crippen molar-refractivity contribution in [2.75, 3.05) is 19.0 Å². The van der Waals surface area contributed by atoms with Crippen LogP contribution < -0.4 is 15.6 Å². The smallest absolute Gasteiger partial charge is 0.287 e. The number of hydrazone groups is 1. The SMILES string of the molecule is CN(C)c1ccc(C=C(NC(=O)c2ccccc2)C(=O)NN=Cc2ccc(I)o2)cc1. The highest BCUT2D eigenvalue weighted by atomic mass is 127. The number of hydrogen-bond donors (Lipinski definition) is 2. The highest BCUT2D eigenvalue weighted by Crippen LogP contribution is 2.15. The van der Waals surface area contributed by atoms with Crippen LogP contribution in [0.5, 0.6) is 0 Å². The third-order valence-electron chi connectivity index (χ3n) is 4.20. The number of benzene rings is 2. The van der Waals surface area contributed by atoms with Crippen molar-refractivity contribution in [3.8, 4) is 0 Å². The maximum Gasteiger partial charge on any atom is 0.287 e. The third kappa shape index (κ3) is 6.54. The van der Waals surface area contributed by atoms with E-state index in [9.17, 15) is 9.59 Å². The van der Waals surface area contributed by atoms with Gasteiger partial charge in [0, 0.05) is 25.3 Å². The van der Waals surface area contributed by atoms with Gasteiger partial charge in [-0.2, -0.15) is 5.10 Å². The van der Waals surface area contributed by atoms with E-state index in [0.29, 0.717) is 15.1 Å². The number of rotatable bonds is 7. The lowest BCUT2D eigenvalue weighted by Crippen LogP contribution is -2.32. The van der Waals surface area contributed by atoms with Crippen LogP contribution in [0.4, 0.5) is 5.69 Å². The maximum atomic E-state index is 12.7. The van der Waals surface area contributed by atoms with E-state index in [2.05, 4.69) is 15.8 Å². The summed E-state index contributed by atoms with van der Waals surface area (Å²) in [5.74, 6) is -0.447. The Morgan fingerprint density at radius 1 is 1.00 bits per heavy atom. The molecule has 31 heavy (non-hydrogen) atoms. The summed E-state index contributed by atoms with van der Waals surface area (Å²) < 4.78 is 6.08. The lowest BCUT2D eigenvalue weighted by Gasteiger charge is -2.12. The van der Waals surface area contributed by atoms with Crippen LogP contribution in [-0.4, -0.2) is 32.1 Å². The molecule has 0 bridgehead atoms. The first-order valence-electron chi connectivity index (χ1n) is 9.36. The standard InChI is InChI=1S/C23H21IN4O3/c1-28(2)18-10-8-16(9-11-18)14-20(26-22(29)17-6-4-3-5-7-17)23(30)27-25-15-19-12-13-21(24)31-19/h3-15H,1-2H3,(H,26,29)(H,27,30). The highest BCUT2D eigenvalue weighted by Gasteiger charge is 2.14. The van der Waals surface area contributed by atoms with Crippen LogP contribution in [0.2, 0.25) is 0 Å². The van der Waals surface area contributed by atoms with Gasteiger partial charge in [0.25, 0.3) is 11.8 Å². The normalized spacial score (nSPS) is 11.4. The summed E-state index contributed by atoms with van der Waals surface area (Å²) in [6.07, 6.45) is 2.99. The van der Waals surface area contributed by atoms with Gasteiger partial charge in [-0.05, 0) is 70.6 Å². The zero-order chi connectivity index (χ0) is 22.2. The molecule has 0 atom stereocenters. The van der Waals surface area contributed by atoms with Crippen LogP contribution in [0.25, 0.3) is 6.08 Å². The van der Waals surface area contributed by atoms with Crippen LogP contribution in [0, 0.1) is 3.77 Å². The van der Waals surface area contributed by atoms with E-state index < -0.39 is 11.8 Å². The molecule has 1 aromatic heterocycles. The fourth-order valence-electron chi connectivity index (χ4n) is 2.59. The van der Waals surface area contributed by atoms with Gasteiger partial charge in [0.05, 0.1) is 6.21 Å². The van der Waals surface area contributed by atoms with Crippen molar-refractivity contribution in [1.29, 1.82) is 0 Å². The molecule has 0 saturated carbocycles. The molecule has 0 spiro atoms. The molecule has 1 heterocycles. The second-order valence-electron chi connectivity index (χ2n) is 6.71. The fraction of sp³-hybridized carbons (Fsp3) is 0.0870. The number of carbonyl (C=O) groups is 2. The molecular weight excluding hydrogens is 507 g/mol. The second-order valence-corrected chi connectivity index (χ2v) is 7.77. The number of anilines is 1. The Balaban J connectivity index is 1.81. The third-order valence-corrected chi connectivity index (χ3v) is 4.78. The van der Waals surface area contributed by atoms with Crippen molar-refractivity contribution >= 4 is 52.4 Å². The molecule has 0 fully saturated rings. The minimum atomic E-state index is -0.557. The van der Waals surface area contributed by atoms with Crippen molar-refractivity contribution in [2.45, 2.75) is 0 Å². The van der Waals surface area contributed by atoms with Gasteiger partial charge in [-0.1, -0.05) is 30.3 Å². The van der Waals surface area contributed by atoms with Gasteiger partial charge in [0.15, 0.2) is 3.77 Å². The van der Waals surface area contributed by atoms with E-state index >= 15 is 0 Å². The molecule has 0 radical (unpaired) electrons. The number of halogens is 1. The summed E-state index contributed by atoms with van der Waals surface area (Å²) >= 11 is 2.04. The Hall–Kier alpha value is -3.40. The van der Waals surface area contributed by atoms with E-state index in [-0.39, 0.29) is 5.70 Å². The first-order chi connectivity index (χ1) is 14.9. The van der Waals surface area contributed by atoms with Gasteiger partial charge in [-0.3, -0.25) is 9.59 Å². The molecule has 0 aliphatic carbocycles. The summed E-state index contributed by atoms with van der Waals surface area (Å²) in [6.45, 7) is 0. The van der Waals surface area contributed by atoms with Crippen molar-refractivity contribution in [1.82, 2.24) is 10.7 Å². The van der Waals surface area contributed by atoms with Crippen LogP contribution in [0.3, 0.4) is 0 Å². The lowest BCUT2D eigenvalue weighted by molar-refractivity contribution is -0.117. The summed E-state index contributed by atoms with van der Waals surface area (Å²) in [5, 5.41) is 6.59. The van der Waals surface area contributed by atoms with E-state index in [4.69, 9.17) is 4.42 Å². The first kappa shape index (κ1) is 22.3. The molecule has 2 N–H and O–H groups in total. The quantitative estimate of drug-likeness (QED) is 0.211. The first-order valence-corrected chi connectivity index (χ1v) is 10.4. The molecule has 158 valence electrons. The van der Waals surface area contributed by atoms with Crippen molar-refractivity contribution in [3.63, 3.8) is 0 Å². The molecule has 8 heteroatoms. The summed E-state index contributed by atoms with van der Waals surface area (Å²) in [5.41, 5.74) is 4.71. The van der Waals surface area contributed by atoms with Crippen molar-refractivity contribution in [3.05, 3.63) is 93.1 Å². The van der Waals surface area contributed by atoms with Crippen LogP contribution >= 0.6 is 22.6 Å². The Morgan fingerprint density at radius 2 is 1.71 bits per heavy atom. The van der Waals surface area contributed by atoms with E-state index in [0.717, 1.165) is 11.3 Å². The minimum Gasteiger partial charge on any atom is -0.449 e. The average molecular weight is 528 g/mol. The summed E-state index contributed by atoms with van der Waals surface area (Å²) in [6, 6.07) is 19.8. The predicted molar refractivity (Wildman–Crippen MR) is 130 cm³/mol. The molecule has 2 amide bonds. The topological polar surface area (TPSA) is 86.9 Å². The Kier molecular flexibility index (Phi) is 7.60. The zero-order valence-corrected chi connectivity index (χ0v) is 19.2. The van der Waals surface area contributed by atoms with Gasteiger partial charge in [-0.25, -0.2) is 5.43 Å². The molecule has 0 aliphatic rings. The highest BCUT2D eigenvalue weighted by molar-refractivity contribution is 14.1. The summed E-state index contributed by atoms with van der Waals surface area (Å²) in [7, 11) is 3.89. The van der Waals surface area contributed by atoms with Crippen LogP contribution in [0.1, 0.15) is 21.7 Å². The second kappa shape index (κ2) is 10.6. The molecular formula is C23H21IN4O3. The van der Waals surface area contributed by atoms with Crippen molar-refractivity contribution in [2.24, 2.45) is 5.10 Å². The molecule has 0 unspecified atom stereocenters. The summed E-state index contributed by atoms with van der Waals surface area (Å²) in [4.78, 5) is 27.3. The molecule has 0 aliphatic heterocycles. The number of amides is 2. The number of furan rings is 1. The minimum absolute atomic E-state index is 0.0673. The van der Waals surface area contributed by atoms with Crippen LogP contribution in [-0.2, 0) is 4.79 Å². The number of hydrogen-bond acceptors (Lipinski definition) is 5. The van der Waals surface area contributed by atoms with Crippen molar-refractivity contribution < 1.29 is 14.0 Å². The zero-order valence-electron chi connectivity index (χ0n) is 17.0. The van der Waals surface area contributed by atoms with E-state index in [1.54, 1.807) is 42.5 Å². The average Bonchev–Trinajstić information content (AvgIpc) is 3.19. The van der Waals surface area contributed by atoms with Gasteiger partial charge < -0.3 is 14.6 Å². The molecule has 0 saturated heterocycles. The fourth-order valence-corrected chi connectivity index (χ4v) is 3.02. The number of nitrogens with zero attached hydrogens (tertiary/aromatic N) is 2. The lowest BCUT2D eigenvalue weighted by atomic mass is 10.1.